The monoisotopic (exact) mass is 231 g/mol. The van der Waals surface area contributed by atoms with E-state index in [1.165, 1.54) is 6.42 Å². The number of rotatable bonds is 4. The zero-order valence-corrected chi connectivity index (χ0v) is 10.1. The van der Waals surface area contributed by atoms with Gasteiger partial charge in [-0.1, -0.05) is 0 Å². The van der Waals surface area contributed by atoms with Gasteiger partial charge in [-0.25, -0.2) is 4.98 Å². The van der Waals surface area contributed by atoms with Crippen molar-refractivity contribution < 1.29 is 4.74 Å². The number of hydrogen-bond donors (Lipinski definition) is 1. The Kier molecular flexibility index (Phi) is 3.94. The second-order valence-electron chi connectivity index (χ2n) is 4.42. The number of nitrogens with zero attached hydrogens (tertiary/aromatic N) is 2. The Hall–Kier alpha value is -1.60. The van der Waals surface area contributed by atoms with E-state index in [1.807, 2.05) is 13.0 Å². The summed E-state index contributed by atoms with van der Waals surface area (Å²) < 4.78 is 5.61. The molecule has 0 bridgehead atoms. The van der Waals surface area contributed by atoms with E-state index in [9.17, 15) is 0 Å². The molecule has 1 aromatic rings. The van der Waals surface area contributed by atoms with Crippen LogP contribution in [-0.4, -0.2) is 24.7 Å². The second kappa shape index (κ2) is 5.65. The molecule has 1 aromatic heterocycles. The van der Waals surface area contributed by atoms with Crippen LogP contribution in [0.2, 0.25) is 0 Å². The fourth-order valence-corrected chi connectivity index (χ4v) is 2.06. The Morgan fingerprint density at radius 3 is 3.24 bits per heavy atom. The molecule has 0 aromatic carbocycles. The van der Waals surface area contributed by atoms with Crippen LogP contribution in [0.25, 0.3) is 0 Å². The van der Waals surface area contributed by atoms with Crippen LogP contribution in [-0.2, 0) is 0 Å². The van der Waals surface area contributed by atoms with Gasteiger partial charge in [0.2, 0.25) is 5.88 Å². The van der Waals surface area contributed by atoms with Gasteiger partial charge in [0.05, 0.1) is 6.61 Å². The summed E-state index contributed by atoms with van der Waals surface area (Å²) >= 11 is 0. The van der Waals surface area contributed by atoms with E-state index in [2.05, 4.69) is 16.4 Å². The lowest BCUT2D eigenvalue weighted by Gasteiger charge is -2.10. The zero-order chi connectivity index (χ0) is 12.1. The molecule has 90 valence electrons. The molecule has 1 saturated heterocycles. The van der Waals surface area contributed by atoms with Gasteiger partial charge in [0.15, 0.2) is 0 Å². The third kappa shape index (κ3) is 2.95. The van der Waals surface area contributed by atoms with Gasteiger partial charge in [-0.3, -0.25) is 0 Å². The molecule has 4 heteroatoms. The minimum Gasteiger partial charge on any atom is -0.477 e. The van der Waals surface area contributed by atoms with E-state index in [1.54, 1.807) is 6.20 Å². The first kappa shape index (κ1) is 11.9. The summed E-state index contributed by atoms with van der Waals surface area (Å²) in [5, 5.41) is 12.4. The number of nitrogens with one attached hydrogen (secondary N) is 1. The molecule has 1 unspecified atom stereocenters. The van der Waals surface area contributed by atoms with E-state index in [4.69, 9.17) is 10.00 Å². The van der Waals surface area contributed by atoms with Crippen LogP contribution >= 0.6 is 0 Å². The van der Waals surface area contributed by atoms with E-state index in [-0.39, 0.29) is 0 Å². The van der Waals surface area contributed by atoms with Gasteiger partial charge in [-0.15, -0.1) is 0 Å². The molecule has 1 aliphatic heterocycles. The minimum absolute atomic E-state index is 0.471. The summed E-state index contributed by atoms with van der Waals surface area (Å²) in [7, 11) is 0. The van der Waals surface area contributed by atoms with Gasteiger partial charge in [0.1, 0.15) is 11.6 Å². The number of aryl methyl sites for hydroxylation is 1. The van der Waals surface area contributed by atoms with Crippen LogP contribution < -0.4 is 10.1 Å². The molecule has 1 fully saturated rings. The van der Waals surface area contributed by atoms with E-state index < -0.39 is 0 Å². The molecule has 2 rings (SSSR count). The predicted molar refractivity (Wildman–Crippen MR) is 64.8 cm³/mol. The first-order chi connectivity index (χ1) is 8.31. The van der Waals surface area contributed by atoms with Gasteiger partial charge in [0, 0.05) is 6.20 Å². The van der Waals surface area contributed by atoms with Crippen LogP contribution in [0.3, 0.4) is 0 Å². The highest BCUT2D eigenvalue weighted by molar-refractivity contribution is 5.43. The molecule has 17 heavy (non-hydrogen) atoms. The van der Waals surface area contributed by atoms with Crippen LogP contribution in [0.4, 0.5) is 0 Å². The van der Waals surface area contributed by atoms with Gasteiger partial charge in [0.25, 0.3) is 0 Å². The van der Waals surface area contributed by atoms with Gasteiger partial charge >= 0.3 is 0 Å². The quantitative estimate of drug-likeness (QED) is 0.855. The molecule has 0 aliphatic carbocycles. The fraction of sp³-hybridized carbons (Fsp3) is 0.538. The van der Waals surface area contributed by atoms with Crippen molar-refractivity contribution in [3.05, 3.63) is 23.4 Å². The van der Waals surface area contributed by atoms with E-state index >= 15 is 0 Å². The number of hydrogen-bond acceptors (Lipinski definition) is 4. The third-order valence-corrected chi connectivity index (χ3v) is 3.16. The highest BCUT2D eigenvalue weighted by atomic mass is 16.5. The van der Waals surface area contributed by atoms with E-state index in [0.29, 0.717) is 24.0 Å². The smallest absolute Gasteiger partial charge is 0.231 e. The molecule has 0 spiro atoms. The molecule has 4 nitrogen and oxygen atoms in total. The summed E-state index contributed by atoms with van der Waals surface area (Å²) in [5.41, 5.74) is 1.47. The number of aromatic nitrogens is 1. The van der Waals surface area contributed by atoms with Crippen molar-refractivity contribution in [2.24, 2.45) is 5.92 Å². The zero-order valence-electron chi connectivity index (χ0n) is 10.1. The summed E-state index contributed by atoms with van der Waals surface area (Å²) in [5.74, 6) is 1.17. The van der Waals surface area contributed by atoms with Crippen molar-refractivity contribution in [1.82, 2.24) is 10.3 Å². The fourth-order valence-electron chi connectivity index (χ4n) is 2.06. The van der Waals surface area contributed by atoms with Crippen molar-refractivity contribution in [3.63, 3.8) is 0 Å². The van der Waals surface area contributed by atoms with Gasteiger partial charge in [-0.05, 0) is 50.4 Å². The predicted octanol–water partition coefficient (Wildman–Crippen LogP) is 1.64. The van der Waals surface area contributed by atoms with Crippen LogP contribution in [0.5, 0.6) is 5.88 Å². The molecule has 0 amide bonds. The number of pyridine rings is 1. The van der Waals surface area contributed by atoms with Gasteiger partial charge < -0.3 is 10.1 Å². The number of ether oxygens (including phenoxy) is 1. The highest BCUT2D eigenvalue weighted by Gasteiger charge is 2.15. The van der Waals surface area contributed by atoms with Crippen molar-refractivity contribution in [3.8, 4) is 11.9 Å². The van der Waals surface area contributed by atoms with Crippen molar-refractivity contribution in [1.29, 1.82) is 5.26 Å². The Morgan fingerprint density at radius 1 is 1.65 bits per heavy atom. The Bertz CT molecular complexity index is 419. The minimum atomic E-state index is 0.471. The van der Waals surface area contributed by atoms with Crippen molar-refractivity contribution in [2.45, 2.75) is 19.8 Å². The molecule has 1 atom stereocenters. The largest absolute Gasteiger partial charge is 0.477 e. The maximum Gasteiger partial charge on any atom is 0.231 e. The molecule has 2 heterocycles. The summed E-state index contributed by atoms with van der Waals surface area (Å²) in [4.78, 5) is 4.11. The molecule has 1 N–H and O–H groups in total. The van der Waals surface area contributed by atoms with Crippen molar-refractivity contribution in [2.75, 3.05) is 19.7 Å². The Balaban J connectivity index is 1.90. The first-order valence-electron chi connectivity index (χ1n) is 6.00. The second-order valence-corrected chi connectivity index (χ2v) is 4.42. The lowest BCUT2D eigenvalue weighted by atomic mass is 10.1. The maximum absolute atomic E-state index is 9.03. The standard InChI is InChI=1S/C13H17N3O/c1-10-2-6-16-13(12(10)8-14)17-7-4-11-3-5-15-9-11/h2,6,11,15H,3-5,7,9H2,1H3. The van der Waals surface area contributed by atoms with Gasteiger partial charge in [-0.2, -0.15) is 5.26 Å². The average molecular weight is 231 g/mol. The summed E-state index contributed by atoms with van der Waals surface area (Å²) in [6, 6.07) is 3.97. The Labute approximate surface area is 102 Å². The molecule has 1 aliphatic rings. The molecule has 0 radical (unpaired) electrons. The van der Waals surface area contributed by atoms with E-state index in [0.717, 1.165) is 25.1 Å². The highest BCUT2D eigenvalue weighted by Crippen LogP contribution is 2.19. The molecule has 0 saturated carbocycles. The normalized spacial score (nSPS) is 18.9. The average Bonchev–Trinajstić information content (AvgIpc) is 2.82. The van der Waals surface area contributed by atoms with Crippen LogP contribution in [0.1, 0.15) is 24.0 Å². The molecular formula is C13H17N3O. The van der Waals surface area contributed by atoms with Crippen LogP contribution in [0, 0.1) is 24.2 Å². The number of nitriles is 1. The lowest BCUT2D eigenvalue weighted by Crippen LogP contribution is -2.12. The summed E-state index contributed by atoms with van der Waals surface area (Å²) in [6.07, 6.45) is 3.92. The third-order valence-electron chi connectivity index (χ3n) is 3.16. The maximum atomic E-state index is 9.03. The van der Waals surface area contributed by atoms with Crippen molar-refractivity contribution >= 4 is 0 Å². The summed E-state index contributed by atoms with van der Waals surface area (Å²) in [6.45, 7) is 4.72. The lowest BCUT2D eigenvalue weighted by molar-refractivity contribution is 0.273. The molecular weight excluding hydrogens is 214 g/mol. The topological polar surface area (TPSA) is 57.9 Å². The van der Waals surface area contributed by atoms with Crippen LogP contribution in [0.15, 0.2) is 12.3 Å². The Morgan fingerprint density at radius 2 is 2.53 bits per heavy atom. The first-order valence-corrected chi connectivity index (χ1v) is 6.00. The SMILES string of the molecule is Cc1ccnc(OCCC2CCNC2)c1C#N.